The van der Waals surface area contributed by atoms with Crippen molar-refractivity contribution in [2.24, 2.45) is 0 Å². The molecule has 0 rings (SSSR count). The molecule has 2 N–H and O–H groups in total. The molecule has 0 saturated heterocycles. The molecule has 33 heavy (non-hydrogen) atoms. The number of carbonyl (C=O) groups is 1. The predicted molar refractivity (Wildman–Crippen MR) is 148 cm³/mol. The molecule has 0 aromatic heterocycles. The fraction of sp³-hybridized carbons (Fsp3) is 0.962. The summed E-state index contributed by atoms with van der Waals surface area (Å²) in [7, 11) is 0. The van der Waals surface area contributed by atoms with Gasteiger partial charge in [-0.3, -0.25) is 4.57 Å². The van der Waals surface area contributed by atoms with E-state index in [1.54, 1.807) is 0 Å². The van der Waals surface area contributed by atoms with Crippen LogP contribution < -0.4 is 10.6 Å². The molecule has 0 saturated carbocycles. The minimum absolute atomic E-state index is 0.0481. The van der Waals surface area contributed by atoms with E-state index in [1.807, 2.05) is 13.8 Å². The van der Waals surface area contributed by atoms with Crippen LogP contribution in [0.25, 0.3) is 0 Å². The van der Waals surface area contributed by atoms with E-state index in [0.29, 0.717) is 13.2 Å². The molecule has 0 radical (unpaired) electrons. The van der Waals surface area contributed by atoms with Crippen molar-refractivity contribution in [1.82, 2.24) is 10.6 Å². The number of carbonyl (C=O) groups excluding carboxylic acids is 1. The third-order valence-electron chi connectivity index (χ3n) is 6.10. The lowest BCUT2D eigenvalue weighted by Crippen LogP contribution is -2.36. The minimum Gasteiger partial charge on any atom is -0.338 e. The summed E-state index contributed by atoms with van der Waals surface area (Å²) < 4.78 is 17.4. The largest absolute Gasteiger partial charge is 0.338 e. The Morgan fingerprint density at radius 2 is 1.06 bits per heavy atom. The van der Waals surface area contributed by atoms with Gasteiger partial charge in [-0.15, -0.1) is 0 Å². The van der Waals surface area contributed by atoms with Gasteiger partial charge in [0.05, 0.1) is 6.61 Å². The molecule has 0 aromatic rings. The zero-order valence-electron chi connectivity index (χ0n) is 22.0. The Morgan fingerprint density at radius 1 is 0.697 bits per heavy atom. The van der Waals surface area contributed by atoms with Gasteiger partial charge in [0.25, 0.3) is 6.57 Å². The smallest absolute Gasteiger partial charge is 0.314 e. The van der Waals surface area contributed by atoms with Gasteiger partial charge < -0.3 is 15.2 Å². The van der Waals surface area contributed by atoms with Gasteiger partial charge in [-0.05, 0) is 19.3 Å². The number of nitrogens with one attached hydrogen (secondary N) is 2. The molecule has 0 bridgehead atoms. The third kappa shape index (κ3) is 23.3. The van der Waals surface area contributed by atoms with Crippen molar-refractivity contribution in [1.29, 1.82) is 0 Å². The predicted octanol–water partition coefficient (Wildman–Crippen LogP) is 8.88. The Kier molecular flexibility index (Phi) is 23.4. The highest BCUT2D eigenvalue weighted by Crippen LogP contribution is 2.56. The quantitative estimate of drug-likeness (QED) is 0.0695. The third-order valence-corrected chi connectivity index (χ3v) is 9.69. The molecule has 1 atom stereocenters. The Balaban J connectivity index is 3.26. The standard InChI is InChI=1S/C26H55N2O3PS/c1-4-5-6-7-8-9-10-11-12-13-14-15-16-19-22-27-26(29)28-23-20-17-18-21-24-31-32(30,33)25(2)3/h25H,4-24H2,1-3H3,(H,30,33)(H2,27,28,29). The van der Waals surface area contributed by atoms with Crippen LogP contribution in [0.1, 0.15) is 136 Å². The van der Waals surface area contributed by atoms with Crippen LogP contribution in [0.4, 0.5) is 4.79 Å². The van der Waals surface area contributed by atoms with Crippen molar-refractivity contribution < 1.29 is 13.9 Å². The van der Waals surface area contributed by atoms with Crippen LogP contribution in [-0.2, 0) is 9.09 Å². The van der Waals surface area contributed by atoms with Gasteiger partial charge in [0.15, 0.2) is 0 Å². The van der Waals surface area contributed by atoms with Gasteiger partial charge in [0.2, 0.25) is 0 Å². The number of hydrogen-bond donors (Lipinski definition) is 3. The number of urea groups is 1. The first-order valence-corrected chi connectivity index (χ1v) is 16.7. The first-order chi connectivity index (χ1) is 15.9. The maximum Gasteiger partial charge on any atom is 0.314 e. The molecular formula is C26H55N2O3PS. The van der Waals surface area contributed by atoms with E-state index in [1.165, 1.54) is 83.5 Å². The summed E-state index contributed by atoms with van der Waals surface area (Å²) in [6.07, 6.45) is 22.8. The Labute approximate surface area is 211 Å². The summed E-state index contributed by atoms with van der Waals surface area (Å²) in [5.74, 6) is 0. The van der Waals surface area contributed by atoms with Crippen LogP contribution in [-0.4, -0.2) is 31.4 Å². The maximum atomic E-state index is 12.0. The summed E-state index contributed by atoms with van der Waals surface area (Å²) in [4.78, 5) is 11.8. The van der Waals surface area contributed by atoms with Gasteiger partial charge in [0.1, 0.15) is 0 Å². The molecule has 0 aliphatic carbocycles. The monoisotopic (exact) mass is 506 g/mol. The zero-order valence-corrected chi connectivity index (χ0v) is 23.8. The average molecular weight is 507 g/mol. The van der Waals surface area contributed by atoms with E-state index in [0.717, 1.165) is 38.6 Å². The van der Waals surface area contributed by atoms with Crippen LogP contribution in [0, 0.1) is 0 Å². The molecule has 0 aromatic carbocycles. The molecule has 5 nitrogen and oxygen atoms in total. The highest BCUT2D eigenvalue weighted by molar-refractivity contribution is 8.46. The fourth-order valence-corrected chi connectivity index (χ4v) is 4.64. The van der Waals surface area contributed by atoms with Crippen molar-refractivity contribution in [3.05, 3.63) is 0 Å². The lowest BCUT2D eigenvalue weighted by Gasteiger charge is -2.15. The Bertz CT molecular complexity index is 492. The number of hydrogen-bond acceptors (Lipinski definition) is 3. The normalized spacial score (nSPS) is 13.2. The first kappa shape index (κ1) is 32.8. The molecule has 0 aliphatic rings. The van der Waals surface area contributed by atoms with Crippen LogP contribution in [0.3, 0.4) is 0 Å². The summed E-state index contributed by atoms with van der Waals surface area (Å²) in [6.45, 7) is 5.22. The maximum absolute atomic E-state index is 12.0. The number of amides is 2. The van der Waals surface area contributed by atoms with E-state index in [-0.39, 0.29) is 11.7 Å². The molecule has 198 valence electrons. The van der Waals surface area contributed by atoms with Crippen molar-refractivity contribution in [2.75, 3.05) is 19.7 Å². The van der Waals surface area contributed by atoms with Crippen molar-refractivity contribution in [3.8, 4) is 0 Å². The van der Waals surface area contributed by atoms with Crippen molar-refractivity contribution >= 4 is 24.9 Å². The van der Waals surface area contributed by atoms with Gasteiger partial charge in [-0.2, -0.15) is 0 Å². The molecule has 1 unspecified atom stereocenters. The van der Waals surface area contributed by atoms with E-state index < -0.39 is 6.57 Å². The molecular weight excluding hydrogens is 451 g/mol. The van der Waals surface area contributed by atoms with Crippen LogP contribution in [0.15, 0.2) is 0 Å². The highest BCUT2D eigenvalue weighted by Gasteiger charge is 2.21. The minimum atomic E-state index is -2.74. The molecule has 0 spiro atoms. The van der Waals surface area contributed by atoms with Crippen LogP contribution in [0.5, 0.6) is 0 Å². The summed E-state index contributed by atoms with van der Waals surface area (Å²) in [6, 6.07) is -0.0547. The van der Waals surface area contributed by atoms with E-state index in [2.05, 4.69) is 29.8 Å². The SMILES string of the molecule is CCCCCCCCCCCCCCCCNC(=O)NCCCCCCOP(=O)(S)C(C)C. The Hall–Kier alpha value is -0.190. The molecule has 2 amide bonds. The average Bonchev–Trinajstić information content (AvgIpc) is 2.78. The van der Waals surface area contributed by atoms with E-state index >= 15 is 0 Å². The number of unbranched alkanes of at least 4 members (excludes halogenated alkanes) is 16. The highest BCUT2D eigenvalue weighted by atomic mass is 32.7. The first-order valence-electron chi connectivity index (χ1n) is 13.9. The van der Waals surface area contributed by atoms with E-state index in [9.17, 15) is 9.36 Å². The van der Waals surface area contributed by atoms with E-state index in [4.69, 9.17) is 4.52 Å². The lowest BCUT2D eigenvalue weighted by atomic mass is 10.0. The molecule has 7 heteroatoms. The zero-order chi connectivity index (χ0) is 24.6. The van der Waals surface area contributed by atoms with Crippen LogP contribution in [0.2, 0.25) is 0 Å². The fourth-order valence-electron chi connectivity index (χ4n) is 3.71. The number of rotatable bonds is 24. The number of thiol groups is 1. The van der Waals surface area contributed by atoms with Crippen molar-refractivity contribution in [3.63, 3.8) is 0 Å². The molecule has 0 heterocycles. The summed E-state index contributed by atoms with van der Waals surface area (Å²) in [5, 5.41) is 5.88. The van der Waals surface area contributed by atoms with Gasteiger partial charge in [0, 0.05) is 18.7 Å². The van der Waals surface area contributed by atoms with Gasteiger partial charge in [-0.25, -0.2) is 4.79 Å². The lowest BCUT2D eigenvalue weighted by molar-refractivity contribution is 0.240. The Morgan fingerprint density at radius 3 is 1.45 bits per heavy atom. The van der Waals surface area contributed by atoms with Gasteiger partial charge in [-0.1, -0.05) is 129 Å². The van der Waals surface area contributed by atoms with Crippen molar-refractivity contribution in [2.45, 2.75) is 142 Å². The second-order valence-electron chi connectivity index (χ2n) is 9.68. The second kappa shape index (κ2) is 23.5. The second-order valence-corrected chi connectivity index (χ2v) is 13.8. The van der Waals surface area contributed by atoms with Crippen LogP contribution >= 0.6 is 18.8 Å². The topological polar surface area (TPSA) is 67.4 Å². The van der Waals surface area contributed by atoms with Gasteiger partial charge >= 0.3 is 6.03 Å². The summed E-state index contributed by atoms with van der Waals surface area (Å²) >= 11 is 4.12. The summed E-state index contributed by atoms with van der Waals surface area (Å²) in [5.41, 5.74) is -0.0481. The molecule has 0 fully saturated rings. The molecule has 0 aliphatic heterocycles.